The van der Waals surface area contributed by atoms with Crippen LogP contribution in [0.3, 0.4) is 0 Å². The van der Waals surface area contributed by atoms with Crippen molar-refractivity contribution in [3.8, 4) is 0 Å². The summed E-state index contributed by atoms with van der Waals surface area (Å²) in [5.74, 6) is 0.131. The average molecular weight is 529 g/mol. The van der Waals surface area contributed by atoms with Crippen LogP contribution in [0.4, 0.5) is 0 Å². The fourth-order valence-electron chi connectivity index (χ4n) is 4.01. The molecule has 0 saturated heterocycles. The number of aliphatic imine (C=N–C) groups is 2. The minimum atomic E-state index is -0.382. The molecule has 0 amide bonds. The van der Waals surface area contributed by atoms with Crippen molar-refractivity contribution in [1.29, 1.82) is 0 Å². The van der Waals surface area contributed by atoms with Gasteiger partial charge in [0.2, 0.25) is 0 Å². The molecule has 0 N–H and O–H groups in total. The van der Waals surface area contributed by atoms with Gasteiger partial charge in [-0.05, 0) is 27.2 Å². The monoisotopic (exact) mass is 528 g/mol. The van der Waals surface area contributed by atoms with Crippen LogP contribution in [0.1, 0.15) is 49.4 Å². The molecule has 0 aliphatic heterocycles. The topological polar surface area (TPSA) is 58.9 Å². The molecule has 40 heavy (non-hydrogen) atoms. The normalized spacial score (nSPS) is 10.8. The second-order valence-electron chi connectivity index (χ2n) is 9.60. The molecule has 202 valence electrons. The third kappa shape index (κ3) is 9.55. The maximum atomic E-state index is 11.9. The zero-order chi connectivity index (χ0) is 28.7. The summed E-state index contributed by atoms with van der Waals surface area (Å²) in [7, 11) is 0. The standard InChI is InChI=1S/C20H21NO.C16H15NO/c1-15(2)14-19(16(3)22)21-20(17-10-6-4-7-11-17)18-12-8-5-9-13-18;1-13(18)12-17-16(14-8-4-2-5-9-14)15-10-6-3-7-11-15/h4-13,19H,1,14H2,2-3H3;2-11H,12H2,1H3/t19-;/m0./s1. The van der Waals surface area contributed by atoms with Crippen molar-refractivity contribution >= 4 is 23.0 Å². The summed E-state index contributed by atoms with van der Waals surface area (Å²) in [6.07, 6.45) is 0.582. The zero-order valence-corrected chi connectivity index (χ0v) is 23.5. The zero-order valence-electron chi connectivity index (χ0n) is 23.5. The summed E-state index contributed by atoms with van der Waals surface area (Å²) in [6.45, 7) is 9.20. The third-order valence-corrected chi connectivity index (χ3v) is 5.94. The second-order valence-corrected chi connectivity index (χ2v) is 9.60. The smallest absolute Gasteiger partial charge is 0.154 e. The Morgan fingerprint density at radius 3 is 1.25 bits per heavy atom. The Morgan fingerprint density at radius 1 is 0.600 bits per heavy atom. The van der Waals surface area contributed by atoms with Crippen LogP contribution in [-0.2, 0) is 9.59 Å². The first-order valence-electron chi connectivity index (χ1n) is 13.3. The fraction of sp³-hybridized carbons (Fsp3) is 0.167. The minimum absolute atomic E-state index is 0.0624. The van der Waals surface area contributed by atoms with Crippen molar-refractivity contribution in [3.63, 3.8) is 0 Å². The molecule has 0 radical (unpaired) electrons. The van der Waals surface area contributed by atoms with Crippen molar-refractivity contribution in [1.82, 2.24) is 0 Å². The lowest BCUT2D eigenvalue weighted by atomic mass is 10.00. The van der Waals surface area contributed by atoms with Crippen molar-refractivity contribution in [2.24, 2.45) is 9.98 Å². The molecule has 0 fully saturated rings. The van der Waals surface area contributed by atoms with Gasteiger partial charge < -0.3 is 0 Å². The molecule has 4 aromatic carbocycles. The van der Waals surface area contributed by atoms with E-state index < -0.39 is 0 Å². The maximum absolute atomic E-state index is 11.9. The number of carbonyl (C=O) groups is 2. The van der Waals surface area contributed by atoms with Crippen LogP contribution in [-0.4, -0.2) is 35.6 Å². The average Bonchev–Trinajstić information content (AvgIpc) is 2.97. The fourth-order valence-corrected chi connectivity index (χ4v) is 4.01. The van der Waals surface area contributed by atoms with Gasteiger partial charge in [-0.2, -0.15) is 0 Å². The first-order valence-corrected chi connectivity index (χ1v) is 13.3. The lowest BCUT2D eigenvalue weighted by molar-refractivity contribution is -0.118. The molecule has 0 saturated carbocycles. The molecule has 0 unspecified atom stereocenters. The minimum Gasteiger partial charge on any atom is -0.298 e. The summed E-state index contributed by atoms with van der Waals surface area (Å²) in [5.41, 5.74) is 6.77. The van der Waals surface area contributed by atoms with Gasteiger partial charge in [-0.15, -0.1) is 6.58 Å². The van der Waals surface area contributed by atoms with Crippen LogP contribution in [0.2, 0.25) is 0 Å². The van der Waals surface area contributed by atoms with Crippen LogP contribution < -0.4 is 0 Å². The molecular weight excluding hydrogens is 492 g/mol. The first kappa shape index (κ1) is 29.9. The molecule has 0 heterocycles. The number of carbonyl (C=O) groups excluding carboxylic acids is 2. The molecule has 0 aromatic heterocycles. The van der Waals surface area contributed by atoms with Crippen molar-refractivity contribution in [3.05, 3.63) is 156 Å². The number of hydrogen-bond donors (Lipinski definition) is 0. The van der Waals surface area contributed by atoms with Crippen LogP contribution >= 0.6 is 0 Å². The molecule has 0 aliphatic carbocycles. The Labute approximate surface area is 237 Å². The van der Waals surface area contributed by atoms with Gasteiger partial charge in [0.05, 0.1) is 18.0 Å². The largest absolute Gasteiger partial charge is 0.298 e. The summed E-state index contributed by atoms with van der Waals surface area (Å²) in [4.78, 5) is 32.2. The summed E-state index contributed by atoms with van der Waals surface area (Å²) >= 11 is 0. The predicted molar refractivity (Wildman–Crippen MR) is 166 cm³/mol. The van der Waals surface area contributed by atoms with E-state index in [1.54, 1.807) is 13.8 Å². The van der Waals surface area contributed by atoms with E-state index in [2.05, 4.69) is 11.6 Å². The molecule has 4 aromatic rings. The number of Topliss-reactive ketones (excluding diaryl/α,β-unsaturated/α-hetero) is 2. The SMILES string of the molecule is C=C(C)C[C@H](N=C(c1ccccc1)c1ccccc1)C(C)=O.CC(=O)CN=C(c1ccccc1)c1ccccc1. The van der Waals surface area contributed by atoms with E-state index in [1.165, 1.54) is 0 Å². The van der Waals surface area contributed by atoms with Crippen LogP contribution in [0.5, 0.6) is 0 Å². The van der Waals surface area contributed by atoms with E-state index in [1.807, 2.05) is 128 Å². The van der Waals surface area contributed by atoms with Crippen molar-refractivity contribution in [2.45, 2.75) is 33.2 Å². The highest BCUT2D eigenvalue weighted by atomic mass is 16.1. The highest BCUT2D eigenvalue weighted by Gasteiger charge is 2.16. The molecule has 1 atom stereocenters. The molecule has 4 rings (SSSR count). The third-order valence-electron chi connectivity index (χ3n) is 5.94. The number of hydrogen-bond acceptors (Lipinski definition) is 4. The second kappa shape index (κ2) is 15.6. The summed E-state index contributed by atoms with van der Waals surface area (Å²) in [6, 6.07) is 39.4. The van der Waals surface area contributed by atoms with Crippen LogP contribution in [0.15, 0.2) is 143 Å². The molecule has 0 bridgehead atoms. The Bertz CT molecular complexity index is 1360. The van der Waals surface area contributed by atoms with Crippen molar-refractivity contribution in [2.75, 3.05) is 6.54 Å². The van der Waals surface area contributed by atoms with Gasteiger partial charge in [0.15, 0.2) is 11.6 Å². The van der Waals surface area contributed by atoms with Gasteiger partial charge in [0, 0.05) is 22.3 Å². The van der Waals surface area contributed by atoms with Crippen molar-refractivity contribution < 1.29 is 9.59 Å². The lowest BCUT2D eigenvalue weighted by Crippen LogP contribution is -2.19. The van der Waals surface area contributed by atoms with Crippen LogP contribution in [0, 0.1) is 0 Å². The maximum Gasteiger partial charge on any atom is 0.154 e. The Kier molecular flexibility index (Phi) is 11.7. The first-order chi connectivity index (χ1) is 19.3. The van der Waals surface area contributed by atoms with Gasteiger partial charge in [0.1, 0.15) is 6.04 Å². The number of ketones is 2. The number of nitrogens with zero attached hydrogens (tertiary/aromatic N) is 2. The van der Waals surface area contributed by atoms with E-state index in [0.29, 0.717) is 6.42 Å². The molecule has 4 heteroatoms. The predicted octanol–water partition coefficient (Wildman–Crippen LogP) is 7.56. The van der Waals surface area contributed by atoms with Crippen LogP contribution in [0.25, 0.3) is 0 Å². The van der Waals surface area contributed by atoms with E-state index in [-0.39, 0.29) is 24.2 Å². The Hall–Kier alpha value is -4.70. The quantitative estimate of drug-likeness (QED) is 0.157. The molecule has 4 nitrogen and oxygen atoms in total. The van der Waals surface area contributed by atoms with E-state index in [0.717, 1.165) is 39.3 Å². The Balaban J connectivity index is 0.000000225. The highest BCUT2D eigenvalue weighted by Crippen LogP contribution is 2.16. The summed E-state index contributed by atoms with van der Waals surface area (Å²) in [5, 5.41) is 0. The molecular formula is C36H36N2O2. The van der Waals surface area contributed by atoms with Gasteiger partial charge in [0.25, 0.3) is 0 Å². The Morgan fingerprint density at radius 2 is 0.950 bits per heavy atom. The van der Waals surface area contributed by atoms with E-state index in [9.17, 15) is 9.59 Å². The van der Waals surface area contributed by atoms with E-state index in [4.69, 9.17) is 4.99 Å². The van der Waals surface area contributed by atoms with E-state index >= 15 is 0 Å². The molecule has 0 spiro atoms. The summed E-state index contributed by atoms with van der Waals surface area (Å²) < 4.78 is 0. The highest BCUT2D eigenvalue weighted by molar-refractivity contribution is 6.14. The number of rotatable bonds is 10. The lowest BCUT2D eigenvalue weighted by Gasteiger charge is -2.14. The molecule has 0 aliphatic rings. The van der Waals surface area contributed by atoms with Gasteiger partial charge >= 0.3 is 0 Å². The van der Waals surface area contributed by atoms with Gasteiger partial charge in [-0.3, -0.25) is 19.6 Å². The number of benzene rings is 4. The van der Waals surface area contributed by atoms with Gasteiger partial charge in [-0.1, -0.05) is 127 Å². The van der Waals surface area contributed by atoms with Gasteiger partial charge in [-0.25, -0.2) is 0 Å².